The number of alkyl halides is 3. The summed E-state index contributed by atoms with van der Waals surface area (Å²) in [5.41, 5.74) is -1.05. The molecule has 1 amide bonds. The van der Waals surface area contributed by atoms with Gasteiger partial charge in [-0.3, -0.25) is 4.79 Å². The Morgan fingerprint density at radius 3 is 2.42 bits per heavy atom. The molecule has 36 heavy (non-hydrogen) atoms. The molecule has 2 heterocycles. The fourth-order valence-corrected chi connectivity index (χ4v) is 6.23. The number of rotatable bonds is 8. The molecule has 2 saturated carbocycles. The van der Waals surface area contributed by atoms with Gasteiger partial charge in [0.1, 0.15) is 5.69 Å². The quantitative estimate of drug-likeness (QED) is 0.460. The minimum atomic E-state index is -4.58. The zero-order valence-electron chi connectivity index (χ0n) is 19.5. The number of ether oxygens (including phenoxy) is 1. The van der Waals surface area contributed by atoms with E-state index in [2.05, 4.69) is 10.3 Å². The predicted molar refractivity (Wildman–Crippen MR) is 123 cm³/mol. The Hall–Kier alpha value is -2.47. The number of thiazole rings is 1. The fraction of sp³-hybridized carbons (Fsp3) is 0.583. The van der Waals surface area contributed by atoms with Crippen LogP contribution in [-0.4, -0.2) is 48.0 Å². The highest BCUT2D eigenvalue weighted by molar-refractivity contribution is 7.16. The summed E-state index contributed by atoms with van der Waals surface area (Å²) in [6.07, 6.45) is -2.87. The second-order valence-corrected chi connectivity index (χ2v) is 11.2. The molecule has 2 atom stereocenters. The molecule has 2 unspecified atom stereocenters. The molecule has 1 saturated heterocycles. The van der Waals surface area contributed by atoms with E-state index in [9.17, 15) is 31.9 Å². The second-order valence-electron chi connectivity index (χ2n) is 10.1. The monoisotopic (exact) mass is 531 g/mol. The zero-order valence-corrected chi connectivity index (χ0v) is 20.3. The summed E-state index contributed by atoms with van der Waals surface area (Å²) < 4.78 is 74.3. The number of benzene rings is 1. The normalized spacial score (nSPS) is 24.3. The molecule has 2 aromatic rings. The molecule has 2 N–H and O–H groups in total. The van der Waals surface area contributed by atoms with Crippen LogP contribution in [0.1, 0.15) is 48.0 Å². The van der Waals surface area contributed by atoms with E-state index < -0.39 is 41.6 Å². The van der Waals surface area contributed by atoms with Gasteiger partial charge < -0.3 is 20.1 Å². The van der Waals surface area contributed by atoms with Crippen LogP contribution in [-0.2, 0) is 6.42 Å². The highest BCUT2D eigenvalue weighted by Gasteiger charge is 2.47. The van der Waals surface area contributed by atoms with Gasteiger partial charge in [-0.1, -0.05) is 6.92 Å². The van der Waals surface area contributed by atoms with Gasteiger partial charge in [-0.05, 0) is 37.5 Å². The maximum Gasteiger partial charge on any atom is 0.393 e. The maximum atomic E-state index is 14.6. The summed E-state index contributed by atoms with van der Waals surface area (Å²) in [5.74, 6) is -2.39. The van der Waals surface area contributed by atoms with Crippen molar-refractivity contribution >= 4 is 28.1 Å². The number of amides is 1. The van der Waals surface area contributed by atoms with Crippen molar-refractivity contribution in [1.82, 2.24) is 4.98 Å². The molecule has 3 aliphatic rings. The van der Waals surface area contributed by atoms with Gasteiger partial charge in [0, 0.05) is 41.2 Å². The topological polar surface area (TPSA) is 74.7 Å². The van der Waals surface area contributed by atoms with E-state index >= 15 is 0 Å². The number of carbonyl (C=O) groups excluding carboxylic acids is 1. The fourth-order valence-electron chi connectivity index (χ4n) is 5.15. The number of hydrogen-bond donors (Lipinski definition) is 2. The van der Waals surface area contributed by atoms with Gasteiger partial charge in [-0.15, -0.1) is 11.3 Å². The molecule has 1 aromatic carbocycles. The van der Waals surface area contributed by atoms with Crippen molar-refractivity contribution in [1.29, 1.82) is 0 Å². The first-order chi connectivity index (χ1) is 17.0. The molecule has 1 aliphatic heterocycles. The number of nitrogens with one attached hydrogen (secondary N) is 1. The smallest absolute Gasteiger partial charge is 0.393 e. The van der Waals surface area contributed by atoms with Gasteiger partial charge in [0.15, 0.2) is 22.5 Å². The van der Waals surface area contributed by atoms with Gasteiger partial charge in [-0.2, -0.15) is 13.2 Å². The molecule has 12 heteroatoms. The van der Waals surface area contributed by atoms with Crippen molar-refractivity contribution in [3.8, 4) is 5.75 Å². The average molecular weight is 532 g/mol. The molecule has 0 spiro atoms. The molecule has 1 aromatic heterocycles. The highest BCUT2D eigenvalue weighted by Crippen LogP contribution is 2.52. The summed E-state index contributed by atoms with van der Waals surface area (Å²) >= 11 is 0.745. The second kappa shape index (κ2) is 9.13. The third kappa shape index (κ3) is 5.02. The van der Waals surface area contributed by atoms with Gasteiger partial charge >= 0.3 is 6.18 Å². The van der Waals surface area contributed by atoms with Crippen LogP contribution in [0, 0.1) is 28.9 Å². The van der Waals surface area contributed by atoms with E-state index in [1.54, 1.807) is 4.90 Å². The Kier molecular flexibility index (Phi) is 6.39. The van der Waals surface area contributed by atoms with E-state index in [0.29, 0.717) is 31.3 Å². The molecule has 6 nitrogen and oxygen atoms in total. The number of aromatic nitrogens is 1. The molecule has 0 bridgehead atoms. The Bertz CT molecular complexity index is 1130. The van der Waals surface area contributed by atoms with Crippen molar-refractivity contribution in [3.05, 3.63) is 34.3 Å². The molecule has 2 aliphatic carbocycles. The largest absolute Gasteiger partial charge is 0.484 e. The van der Waals surface area contributed by atoms with Crippen LogP contribution < -0.4 is 15.0 Å². The average Bonchev–Trinajstić information content (AvgIpc) is 3.17. The number of nitrogens with zero attached hydrogens (tertiary/aromatic N) is 2. The minimum absolute atomic E-state index is 0.0626. The van der Waals surface area contributed by atoms with E-state index in [1.165, 1.54) is 0 Å². The van der Waals surface area contributed by atoms with Crippen LogP contribution in [0.25, 0.3) is 0 Å². The number of aliphatic hydroxyl groups is 1. The van der Waals surface area contributed by atoms with Crippen LogP contribution in [0.15, 0.2) is 12.1 Å². The Balaban J connectivity index is 1.32. The first-order valence-electron chi connectivity index (χ1n) is 11.9. The van der Waals surface area contributed by atoms with Crippen molar-refractivity contribution < 1.29 is 36.6 Å². The summed E-state index contributed by atoms with van der Waals surface area (Å²) in [6, 6.07) is 1.77. The molecule has 3 fully saturated rings. The van der Waals surface area contributed by atoms with E-state index in [0.717, 1.165) is 42.7 Å². The van der Waals surface area contributed by atoms with Crippen LogP contribution in [0.3, 0.4) is 0 Å². The Morgan fingerprint density at radius 2 is 1.86 bits per heavy atom. The number of halogens is 5. The molecular formula is C24H26F5N3O3S. The number of carbonyl (C=O) groups is 1. The predicted octanol–water partition coefficient (Wildman–Crippen LogP) is 5.16. The molecule has 5 rings (SSSR count). The van der Waals surface area contributed by atoms with E-state index in [4.69, 9.17) is 4.74 Å². The van der Waals surface area contributed by atoms with Crippen LogP contribution >= 0.6 is 11.3 Å². The Morgan fingerprint density at radius 1 is 1.22 bits per heavy atom. The first-order valence-corrected chi connectivity index (χ1v) is 12.7. The van der Waals surface area contributed by atoms with Crippen molar-refractivity contribution in [2.24, 2.45) is 17.3 Å². The maximum absolute atomic E-state index is 14.6. The SMILES string of the molecule is CCC1(CO)CN(c2nc(C(=O)Nc3cc(F)c(OC4CC5CC5C4)c(F)c3)c(CC(F)(F)F)s2)C1. The summed E-state index contributed by atoms with van der Waals surface area (Å²) in [7, 11) is 0. The third-order valence-electron chi connectivity index (χ3n) is 7.41. The molecule has 0 radical (unpaired) electrons. The lowest BCUT2D eigenvalue weighted by Gasteiger charge is -2.48. The summed E-state index contributed by atoms with van der Waals surface area (Å²) in [4.78, 5) is 18.4. The number of aliphatic hydroxyl groups excluding tert-OH is 1. The van der Waals surface area contributed by atoms with Gasteiger partial charge in [0.2, 0.25) is 0 Å². The standard InChI is InChI=1S/C24H26F5N3O3S/c1-2-23(11-33)9-32(10-23)22-31-19(18(36-22)8-24(27,28)29)21(34)30-14-6-16(25)20(17(26)7-14)35-15-4-12-3-13(12)5-15/h6-7,12-13,15,33H,2-5,8-11H2,1H3,(H,30,34). The lowest BCUT2D eigenvalue weighted by atomic mass is 9.78. The van der Waals surface area contributed by atoms with Crippen molar-refractivity contribution in [2.45, 2.75) is 51.3 Å². The van der Waals surface area contributed by atoms with Crippen LogP contribution in [0.4, 0.5) is 32.8 Å². The third-order valence-corrected chi connectivity index (χ3v) is 8.53. The summed E-state index contributed by atoms with van der Waals surface area (Å²) in [5, 5.41) is 12.1. The van der Waals surface area contributed by atoms with Crippen LogP contribution in [0.5, 0.6) is 5.75 Å². The first kappa shape index (κ1) is 25.2. The number of fused-ring (bicyclic) bond motifs is 1. The van der Waals surface area contributed by atoms with E-state index in [-0.39, 0.29) is 33.8 Å². The lowest BCUT2D eigenvalue weighted by molar-refractivity contribution is -0.126. The van der Waals surface area contributed by atoms with Crippen molar-refractivity contribution in [3.63, 3.8) is 0 Å². The lowest BCUT2D eigenvalue weighted by Crippen LogP contribution is -2.58. The highest BCUT2D eigenvalue weighted by atomic mass is 32.1. The zero-order chi connectivity index (χ0) is 25.8. The van der Waals surface area contributed by atoms with E-state index in [1.807, 2.05) is 6.92 Å². The van der Waals surface area contributed by atoms with Crippen molar-refractivity contribution in [2.75, 3.05) is 29.9 Å². The number of hydrogen-bond acceptors (Lipinski definition) is 6. The molecular weight excluding hydrogens is 505 g/mol. The summed E-state index contributed by atoms with van der Waals surface area (Å²) in [6.45, 7) is 2.65. The van der Waals surface area contributed by atoms with Gasteiger partial charge in [0.05, 0.1) is 19.1 Å². The van der Waals surface area contributed by atoms with Crippen LogP contribution in [0.2, 0.25) is 0 Å². The number of anilines is 2. The molecule has 196 valence electrons. The minimum Gasteiger partial charge on any atom is -0.484 e. The van der Waals surface area contributed by atoms with Gasteiger partial charge in [0.25, 0.3) is 5.91 Å². The van der Waals surface area contributed by atoms with Gasteiger partial charge in [-0.25, -0.2) is 13.8 Å². The Labute approximate surface area is 208 Å².